The van der Waals surface area contributed by atoms with Gasteiger partial charge in [-0.05, 0) is 38.7 Å². The molecule has 0 radical (unpaired) electrons. The van der Waals surface area contributed by atoms with Gasteiger partial charge in [0, 0.05) is 36.8 Å². The van der Waals surface area contributed by atoms with Gasteiger partial charge < -0.3 is 10.2 Å². The Bertz CT molecular complexity index is 1110. The molecular formula is C22H24N6O2. The van der Waals surface area contributed by atoms with Gasteiger partial charge in [0.2, 0.25) is 0 Å². The van der Waals surface area contributed by atoms with Crippen molar-refractivity contribution < 1.29 is 9.59 Å². The van der Waals surface area contributed by atoms with E-state index in [1.54, 1.807) is 10.9 Å². The van der Waals surface area contributed by atoms with E-state index in [4.69, 9.17) is 0 Å². The minimum absolute atomic E-state index is 0.00604. The largest absolute Gasteiger partial charge is 0.348 e. The maximum absolute atomic E-state index is 13.4. The number of nitrogens with one attached hydrogen (secondary N) is 1. The fraction of sp³-hybridized carbons (Fsp3) is 0.409. The maximum Gasteiger partial charge on any atom is 0.275 e. The van der Waals surface area contributed by atoms with Crippen molar-refractivity contribution in [2.75, 3.05) is 0 Å². The Morgan fingerprint density at radius 2 is 1.80 bits per heavy atom. The first-order valence-electron chi connectivity index (χ1n) is 10.3. The van der Waals surface area contributed by atoms with E-state index in [0.717, 1.165) is 42.3 Å². The molecule has 2 unspecified atom stereocenters. The van der Waals surface area contributed by atoms with E-state index >= 15 is 0 Å². The molecule has 2 aliphatic rings. The molecule has 3 aromatic rings. The Morgan fingerprint density at radius 1 is 1.07 bits per heavy atom. The van der Waals surface area contributed by atoms with Crippen LogP contribution in [0.2, 0.25) is 0 Å². The number of hydrogen-bond donors (Lipinski definition) is 1. The van der Waals surface area contributed by atoms with Crippen LogP contribution in [0.3, 0.4) is 0 Å². The Kier molecular flexibility index (Phi) is 4.49. The second-order valence-corrected chi connectivity index (χ2v) is 8.27. The second kappa shape index (κ2) is 7.19. The van der Waals surface area contributed by atoms with Crippen LogP contribution < -0.4 is 5.32 Å². The monoisotopic (exact) mass is 404 g/mol. The highest BCUT2D eigenvalue weighted by Gasteiger charge is 2.44. The van der Waals surface area contributed by atoms with Crippen LogP contribution in [0.1, 0.15) is 52.4 Å². The Labute approximate surface area is 174 Å². The summed E-state index contributed by atoms with van der Waals surface area (Å²) in [4.78, 5) is 36.3. The molecule has 0 saturated carbocycles. The summed E-state index contributed by atoms with van der Waals surface area (Å²) in [6, 6.07) is 8.08. The molecule has 2 saturated heterocycles. The molecule has 2 aromatic heterocycles. The summed E-state index contributed by atoms with van der Waals surface area (Å²) in [6.45, 7) is 1.84. The normalized spacial score (nSPS) is 23.0. The molecule has 0 spiro atoms. The number of aromatic nitrogens is 4. The molecule has 5 rings (SSSR count). The highest BCUT2D eigenvalue weighted by Crippen LogP contribution is 2.37. The minimum Gasteiger partial charge on any atom is -0.348 e. The average Bonchev–Trinajstić information content (AvgIpc) is 3.22. The summed E-state index contributed by atoms with van der Waals surface area (Å²) in [5.74, 6) is -0.212. The number of fused-ring (bicyclic) bond motifs is 3. The summed E-state index contributed by atoms with van der Waals surface area (Å²) in [5, 5.41) is 8.49. The Balaban J connectivity index is 1.32. The van der Waals surface area contributed by atoms with Gasteiger partial charge in [-0.25, -0.2) is 4.98 Å². The molecule has 154 valence electrons. The van der Waals surface area contributed by atoms with Crippen LogP contribution in [0.15, 0.2) is 36.7 Å². The molecule has 4 heterocycles. The van der Waals surface area contributed by atoms with E-state index in [1.807, 2.05) is 43.1 Å². The van der Waals surface area contributed by atoms with Crippen molar-refractivity contribution >= 4 is 22.7 Å². The second-order valence-electron chi connectivity index (χ2n) is 8.27. The average molecular weight is 404 g/mol. The van der Waals surface area contributed by atoms with E-state index in [0.29, 0.717) is 11.4 Å². The molecule has 2 amide bonds. The number of para-hydroxylation sites is 1. The predicted octanol–water partition coefficient (Wildman–Crippen LogP) is 2.24. The lowest BCUT2D eigenvalue weighted by Crippen LogP contribution is -2.52. The quantitative estimate of drug-likeness (QED) is 0.723. The van der Waals surface area contributed by atoms with Crippen LogP contribution in [0.5, 0.6) is 0 Å². The van der Waals surface area contributed by atoms with E-state index in [9.17, 15) is 9.59 Å². The molecule has 1 N–H and O–H groups in total. The van der Waals surface area contributed by atoms with Gasteiger partial charge in [0.1, 0.15) is 5.69 Å². The number of benzene rings is 1. The van der Waals surface area contributed by atoms with E-state index < -0.39 is 0 Å². The molecule has 0 aliphatic carbocycles. The van der Waals surface area contributed by atoms with Gasteiger partial charge in [-0.3, -0.25) is 19.3 Å². The highest BCUT2D eigenvalue weighted by molar-refractivity contribution is 6.05. The molecule has 2 aliphatic heterocycles. The summed E-state index contributed by atoms with van der Waals surface area (Å²) in [7, 11) is 1.86. The van der Waals surface area contributed by atoms with Crippen molar-refractivity contribution in [1.82, 2.24) is 30.0 Å². The number of nitrogens with zero attached hydrogens (tertiary/aromatic N) is 5. The lowest BCUT2D eigenvalue weighted by molar-refractivity contribution is 0.0544. The molecule has 2 atom stereocenters. The highest BCUT2D eigenvalue weighted by atomic mass is 16.2. The smallest absolute Gasteiger partial charge is 0.275 e. The molecule has 8 nitrogen and oxygen atoms in total. The fourth-order valence-corrected chi connectivity index (χ4v) is 4.89. The van der Waals surface area contributed by atoms with Crippen molar-refractivity contribution in [3.8, 4) is 0 Å². The van der Waals surface area contributed by atoms with E-state index in [2.05, 4.69) is 20.4 Å². The summed E-state index contributed by atoms with van der Waals surface area (Å²) < 4.78 is 1.76. The fourth-order valence-electron chi connectivity index (χ4n) is 4.89. The number of carbonyl (C=O) groups excluding carboxylic acids is 2. The van der Waals surface area contributed by atoms with Gasteiger partial charge in [-0.15, -0.1) is 0 Å². The van der Waals surface area contributed by atoms with Crippen molar-refractivity contribution in [3.63, 3.8) is 0 Å². The first-order chi connectivity index (χ1) is 14.5. The molecular weight excluding hydrogens is 380 g/mol. The summed E-state index contributed by atoms with van der Waals surface area (Å²) >= 11 is 0. The zero-order valence-electron chi connectivity index (χ0n) is 17.1. The number of aryl methyl sites for hydroxylation is 2. The van der Waals surface area contributed by atoms with Crippen LogP contribution in [0, 0.1) is 6.92 Å². The Morgan fingerprint density at radius 3 is 2.50 bits per heavy atom. The van der Waals surface area contributed by atoms with Crippen molar-refractivity contribution in [2.24, 2.45) is 7.05 Å². The van der Waals surface area contributed by atoms with Crippen molar-refractivity contribution in [3.05, 3.63) is 53.7 Å². The first kappa shape index (κ1) is 18.7. The number of amides is 2. The van der Waals surface area contributed by atoms with Crippen molar-refractivity contribution in [1.29, 1.82) is 0 Å². The van der Waals surface area contributed by atoms with E-state index in [1.165, 1.54) is 6.20 Å². The van der Waals surface area contributed by atoms with Gasteiger partial charge >= 0.3 is 0 Å². The zero-order chi connectivity index (χ0) is 20.8. The standard InChI is InChI=1S/C22H24N6O2/c1-13-11-24-18(12-23-13)21(29)25-14-9-15-7-8-16(10-14)28(15)22(30)20-17-5-3-4-6-19(17)27(2)26-20/h3-6,11-12,14-16H,7-10H2,1-2H3,(H,25,29). The first-order valence-corrected chi connectivity index (χ1v) is 10.3. The maximum atomic E-state index is 13.4. The summed E-state index contributed by atoms with van der Waals surface area (Å²) in [6.07, 6.45) is 6.51. The number of piperidine rings is 1. The topological polar surface area (TPSA) is 93.0 Å². The van der Waals surface area contributed by atoms with Crippen LogP contribution in [-0.2, 0) is 7.05 Å². The van der Waals surface area contributed by atoms with Gasteiger partial charge in [-0.2, -0.15) is 5.10 Å². The molecule has 8 heteroatoms. The predicted molar refractivity (Wildman–Crippen MR) is 111 cm³/mol. The van der Waals surface area contributed by atoms with Crippen LogP contribution in [-0.4, -0.2) is 54.6 Å². The van der Waals surface area contributed by atoms with Gasteiger partial charge in [-0.1, -0.05) is 18.2 Å². The third-order valence-corrected chi connectivity index (χ3v) is 6.28. The molecule has 2 bridgehead atoms. The van der Waals surface area contributed by atoms with Gasteiger partial charge in [0.25, 0.3) is 11.8 Å². The van der Waals surface area contributed by atoms with E-state index in [-0.39, 0.29) is 29.9 Å². The Hall–Kier alpha value is -3.29. The SMILES string of the molecule is Cc1cnc(C(=O)NC2CC3CCC(C2)N3C(=O)c2nn(C)c3ccccc23)cn1. The number of hydrogen-bond acceptors (Lipinski definition) is 5. The lowest BCUT2D eigenvalue weighted by Gasteiger charge is -2.38. The van der Waals surface area contributed by atoms with Crippen LogP contribution in [0.25, 0.3) is 10.9 Å². The number of carbonyl (C=O) groups is 2. The zero-order valence-corrected chi connectivity index (χ0v) is 17.1. The van der Waals surface area contributed by atoms with Crippen LogP contribution in [0.4, 0.5) is 0 Å². The third-order valence-electron chi connectivity index (χ3n) is 6.28. The van der Waals surface area contributed by atoms with Gasteiger partial charge in [0.05, 0.1) is 17.4 Å². The molecule has 30 heavy (non-hydrogen) atoms. The third kappa shape index (κ3) is 3.12. The number of rotatable bonds is 3. The summed E-state index contributed by atoms with van der Waals surface area (Å²) in [5.41, 5.74) is 2.57. The lowest BCUT2D eigenvalue weighted by atomic mass is 9.96. The minimum atomic E-state index is -0.206. The molecule has 2 fully saturated rings. The van der Waals surface area contributed by atoms with Crippen molar-refractivity contribution in [2.45, 2.75) is 50.7 Å². The van der Waals surface area contributed by atoms with Gasteiger partial charge in [0.15, 0.2) is 5.69 Å². The van der Waals surface area contributed by atoms with Crippen LogP contribution >= 0.6 is 0 Å². The molecule has 1 aromatic carbocycles.